The number of phenolic OH excluding ortho intramolecular Hbond substituents is 1. The number of hydrogen-bond donors (Lipinski definition) is 2. The van der Waals surface area contributed by atoms with Gasteiger partial charge in [0.05, 0.1) is 6.04 Å². The summed E-state index contributed by atoms with van der Waals surface area (Å²) in [5.41, 5.74) is 6.09. The first-order chi connectivity index (χ1) is 16.0. The Morgan fingerprint density at radius 1 is 0.939 bits per heavy atom. The Kier molecular flexibility index (Phi) is 5.31. The zero-order valence-electron chi connectivity index (χ0n) is 18.3. The van der Waals surface area contributed by atoms with Gasteiger partial charge in [-0.1, -0.05) is 42.5 Å². The van der Waals surface area contributed by atoms with Crippen LogP contribution in [0.3, 0.4) is 0 Å². The molecule has 2 N–H and O–H groups in total. The molecule has 0 radical (unpaired) electrons. The number of amides is 1. The Hall–Kier alpha value is -4.12. The van der Waals surface area contributed by atoms with E-state index >= 15 is 0 Å². The van der Waals surface area contributed by atoms with Crippen LogP contribution in [-0.2, 0) is 6.42 Å². The summed E-state index contributed by atoms with van der Waals surface area (Å²) in [6.07, 6.45) is 3.56. The van der Waals surface area contributed by atoms with Crippen LogP contribution in [0.5, 0.6) is 5.75 Å². The molecule has 1 amide bonds. The third-order valence-corrected chi connectivity index (χ3v) is 6.37. The number of aromatic hydroxyl groups is 1. The summed E-state index contributed by atoms with van der Waals surface area (Å²) in [4.78, 5) is 26.2. The lowest BCUT2D eigenvalue weighted by Crippen LogP contribution is -2.31. The molecule has 3 aromatic carbocycles. The second-order valence-electron chi connectivity index (χ2n) is 8.41. The fraction of sp³-hybridized carbons (Fsp3) is 0.143. The number of hydrogen-bond acceptors (Lipinski definition) is 3. The van der Waals surface area contributed by atoms with Gasteiger partial charge in [0, 0.05) is 11.9 Å². The Balaban J connectivity index is 1.38. The van der Waals surface area contributed by atoms with E-state index in [1.807, 2.05) is 30.3 Å². The molecule has 5 heteroatoms. The number of carbonyl (C=O) groups is 1. The molecule has 5 nitrogen and oxygen atoms in total. The molecule has 1 aliphatic rings. The number of aromatic nitrogens is 1. The minimum absolute atomic E-state index is 0.0512. The number of fused-ring (bicyclic) bond motifs is 1. The van der Waals surface area contributed by atoms with Gasteiger partial charge in [-0.15, -0.1) is 0 Å². The highest BCUT2D eigenvalue weighted by Gasteiger charge is 2.26. The molecular formula is C28H24N2O3. The van der Waals surface area contributed by atoms with Crippen molar-refractivity contribution in [2.24, 2.45) is 0 Å². The molecule has 0 aliphatic heterocycles. The first-order valence-corrected chi connectivity index (χ1v) is 11.0. The second kappa shape index (κ2) is 8.43. The van der Waals surface area contributed by atoms with Gasteiger partial charge in [0.25, 0.3) is 11.5 Å². The van der Waals surface area contributed by atoms with Gasteiger partial charge in [-0.2, -0.15) is 0 Å². The molecule has 1 atom stereocenters. The van der Waals surface area contributed by atoms with Crippen molar-refractivity contribution in [3.63, 3.8) is 0 Å². The third-order valence-electron chi connectivity index (χ3n) is 6.37. The molecule has 0 saturated carbocycles. The summed E-state index contributed by atoms with van der Waals surface area (Å²) in [6, 6.07) is 23.8. The molecule has 0 fully saturated rings. The molecule has 164 valence electrons. The van der Waals surface area contributed by atoms with Crippen molar-refractivity contribution in [1.82, 2.24) is 4.57 Å². The van der Waals surface area contributed by atoms with Gasteiger partial charge in [0.1, 0.15) is 11.3 Å². The van der Waals surface area contributed by atoms with Crippen LogP contribution in [0, 0.1) is 6.92 Å². The normalized spacial score (nSPS) is 14.6. The third kappa shape index (κ3) is 3.94. The molecule has 5 rings (SSSR count). The number of nitrogens with zero attached hydrogens (tertiary/aromatic N) is 1. The number of phenols is 1. The van der Waals surface area contributed by atoms with Crippen molar-refractivity contribution in [3.05, 3.63) is 118 Å². The number of anilines is 1. The number of pyridine rings is 1. The van der Waals surface area contributed by atoms with E-state index in [0.717, 1.165) is 24.0 Å². The standard InChI is InChI=1S/C28H24N2O3/c1-18-4-2-5-24-23(18)15-16-26(24)30-17-3-6-25(28(30)33)27(32)29-21-11-7-19(8-12-21)20-9-13-22(31)14-10-20/h2-14,17,26,31H,15-16H2,1H3,(H,29,32). The highest BCUT2D eigenvalue weighted by atomic mass is 16.3. The second-order valence-corrected chi connectivity index (χ2v) is 8.41. The van der Waals surface area contributed by atoms with Gasteiger partial charge in [-0.3, -0.25) is 9.59 Å². The molecule has 1 heterocycles. The monoisotopic (exact) mass is 436 g/mol. The summed E-state index contributed by atoms with van der Waals surface area (Å²) >= 11 is 0. The molecule has 4 aromatic rings. The van der Waals surface area contributed by atoms with E-state index in [9.17, 15) is 14.7 Å². The molecule has 0 bridgehead atoms. The Bertz CT molecular complexity index is 1390. The Morgan fingerprint density at radius 3 is 2.36 bits per heavy atom. The average Bonchev–Trinajstić information content (AvgIpc) is 3.25. The maximum Gasteiger partial charge on any atom is 0.263 e. The summed E-state index contributed by atoms with van der Waals surface area (Å²) in [7, 11) is 0. The van der Waals surface area contributed by atoms with Gasteiger partial charge in [0.15, 0.2) is 0 Å². The molecular weight excluding hydrogens is 412 g/mol. The van der Waals surface area contributed by atoms with Gasteiger partial charge in [0.2, 0.25) is 0 Å². The minimum Gasteiger partial charge on any atom is -0.508 e. The summed E-state index contributed by atoms with van der Waals surface area (Å²) in [5, 5.41) is 12.3. The number of benzene rings is 3. The number of carbonyl (C=O) groups excluding carboxylic acids is 1. The maximum absolute atomic E-state index is 13.2. The molecule has 1 unspecified atom stereocenters. The first-order valence-electron chi connectivity index (χ1n) is 11.0. The van der Waals surface area contributed by atoms with Crippen LogP contribution in [0.15, 0.2) is 89.9 Å². The quantitative estimate of drug-likeness (QED) is 0.455. The number of nitrogens with one attached hydrogen (secondary N) is 1. The lowest BCUT2D eigenvalue weighted by Gasteiger charge is -2.17. The molecule has 0 spiro atoms. The first kappa shape index (κ1) is 20.8. The van der Waals surface area contributed by atoms with Crippen LogP contribution >= 0.6 is 0 Å². The van der Waals surface area contributed by atoms with Crippen LogP contribution in [-0.4, -0.2) is 15.6 Å². The van der Waals surface area contributed by atoms with E-state index < -0.39 is 5.91 Å². The van der Waals surface area contributed by atoms with E-state index in [4.69, 9.17) is 0 Å². The highest BCUT2D eigenvalue weighted by molar-refractivity contribution is 6.04. The van der Waals surface area contributed by atoms with Crippen molar-refractivity contribution in [2.75, 3.05) is 5.32 Å². The van der Waals surface area contributed by atoms with Gasteiger partial charge >= 0.3 is 0 Å². The van der Waals surface area contributed by atoms with Crippen molar-refractivity contribution in [2.45, 2.75) is 25.8 Å². The van der Waals surface area contributed by atoms with Crippen molar-refractivity contribution < 1.29 is 9.90 Å². The maximum atomic E-state index is 13.2. The van der Waals surface area contributed by atoms with Crippen LogP contribution in [0.1, 0.15) is 39.5 Å². The zero-order chi connectivity index (χ0) is 22.9. The van der Waals surface area contributed by atoms with Gasteiger partial charge < -0.3 is 15.0 Å². The van der Waals surface area contributed by atoms with Crippen LogP contribution in [0.2, 0.25) is 0 Å². The Labute approximate surface area is 192 Å². The molecule has 1 aliphatic carbocycles. The lowest BCUT2D eigenvalue weighted by atomic mass is 10.0. The topological polar surface area (TPSA) is 71.3 Å². The summed E-state index contributed by atoms with van der Waals surface area (Å²) in [6.45, 7) is 2.10. The van der Waals surface area contributed by atoms with Gasteiger partial charge in [-0.05, 0) is 84.0 Å². The van der Waals surface area contributed by atoms with Crippen molar-refractivity contribution in [3.8, 4) is 16.9 Å². The number of rotatable bonds is 4. The van der Waals surface area contributed by atoms with Crippen LogP contribution in [0.25, 0.3) is 11.1 Å². The van der Waals surface area contributed by atoms with Gasteiger partial charge in [-0.25, -0.2) is 0 Å². The van der Waals surface area contributed by atoms with Crippen molar-refractivity contribution >= 4 is 11.6 Å². The number of aryl methyl sites for hydroxylation is 1. The fourth-order valence-corrected chi connectivity index (χ4v) is 4.63. The largest absolute Gasteiger partial charge is 0.508 e. The molecule has 1 aromatic heterocycles. The highest BCUT2D eigenvalue weighted by Crippen LogP contribution is 2.35. The summed E-state index contributed by atoms with van der Waals surface area (Å²) in [5.74, 6) is -0.207. The van der Waals surface area contributed by atoms with Crippen LogP contribution in [0.4, 0.5) is 5.69 Å². The zero-order valence-corrected chi connectivity index (χ0v) is 18.3. The average molecular weight is 437 g/mol. The minimum atomic E-state index is -0.422. The molecule has 33 heavy (non-hydrogen) atoms. The predicted molar refractivity (Wildman–Crippen MR) is 130 cm³/mol. The van der Waals surface area contributed by atoms with E-state index in [2.05, 4.69) is 24.4 Å². The van der Waals surface area contributed by atoms with E-state index in [-0.39, 0.29) is 22.9 Å². The SMILES string of the molecule is Cc1cccc2c1CCC2n1cccc(C(=O)Nc2ccc(-c3ccc(O)cc3)cc2)c1=O. The van der Waals surface area contributed by atoms with E-state index in [1.54, 1.807) is 47.2 Å². The predicted octanol–water partition coefficient (Wildman–Crippen LogP) is 5.32. The van der Waals surface area contributed by atoms with Crippen LogP contribution < -0.4 is 10.9 Å². The van der Waals surface area contributed by atoms with E-state index in [1.165, 1.54) is 16.7 Å². The lowest BCUT2D eigenvalue weighted by molar-refractivity contribution is 0.102. The molecule has 0 saturated heterocycles. The smallest absolute Gasteiger partial charge is 0.263 e. The Morgan fingerprint density at radius 2 is 1.64 bits per heavy atom. The van der Waals surface area contributed by atoms with E-state index in [0.29, 0.717) is 5.69 Å². The fourth-order valence-electron chi connectivity index (χ4n) is 4.63. The summed E-state index contributed by atoms with van der Waals surface area (Å²) < 4.78 is 1.69. The van der Waals surface area contributed by atoms with Crippen molar-refractivity contribution in [1.29, 1.82) is 0 Å².